The molecule has 27 heavy (non-hydrogen) atoms. The van der Waals surface area contributed by atoms with E-state index in [0.29, 0.717) is 30.6 Å². The third-order valence-corrected chi connectivity index (χ3v) is 3.67. The largest absolute Gasteiger partial charge is 0.465 e. The minimum atomic E-state index is -1.07. The van der Waals surface area contributed by atoms with Crippen LogP contribution in [0.4, 0.5) is 14.5 Å². The normalized spacial score (nSPS) is 11.3. The van der Waals surface area contributed by atoms with Crippen LogP contribution in [0.2, 0.25) is 0 Å². The number of aromatic nitrogens is 2. The van der Waals surface area contributed by atoms with Crippen molar-refractivity contribution >= 4 is 17.6 Å². The van der Waals surface area contributed by atoms with Gasteiger partial charge in [-0.3, -0.25) is 4.79 Å². The van der Waals surface area contributed by atoms with E-state index in [-0.39, 0.29) is 17.5 Å². The summed E-state index contributed by atoms with van der Waals surface area (Å²) in [5.74, 6) is -2.52. The van der Waals surface area contributed by atoms with Gasteiger partial charge in [0.2, 0.25) is 11.8 Å². The molecule has 0 saturated carbocycles. The molecule has 7 nitrogen and oxygen atoms in total. The molecule has 2 aromatic rings. The van der Waals surface area contributed by atoms with Crippen molar-refractivity contribution in [2.24, 2.45) is 0 Å². The van der Waals surface area contributed by atoms with Crippen LogP contribution in [-0.2, 0) is 21.4 Å². The molecule has 0 aliphatic rings. The number of benzene rings is 1. The molecule has 1 aromatic carbocycles. The van der Waals surface area contributed by atoms with Crippen LogP contribution < -0.4 is 5.32 Å². The molecule has 0 spiro atoms. The van der Waals surface area contributed by atoms with Crippen LogP contribution >= 0.6 is 0 Å². The minimum Gasteiger partial charge on any atom is -0.465 e. The monoisotopic (exact) mass is 381 g/mol. The van der Waals surface area contributed by atoms with E-state index in [0.717, 1.165) is 13.2 Å². The van der Waals surface area contributed by atoms with E-state index in [4.69, 9.17) is 4.52 Å². The fourth-order valence-corrected chi connectivity index (χ4v) is 2.19. The third kappa shape index (κ3) is 5.32. The van der Waals surface area contributed by atoms with Crippen molar-refractivity contribution in [2.45, 2.75) is 45.4 Å². The number of esters is 1. The summed E-state index contributed by atoms with van der Waals surface area (Å²) in [5, 5.41) is 6.21. The summed E-state index contributed by atoms with van der Waals surface area (Å²) in [7, 11) is 1.08. The lowest BCUT2D eigenvalue weighted by molar-refractivity contribution is -0.116. The number of rotatable bonds is 6. The van der Waals surface area contributed by atoms with Gasteiger partial charge >= 0.3 is 5.97 Å². The van der Waals surface area contributed by atoms with Gasteiger partial charge in [-0.2, -0.15) is 4.98 Å². The molecule has 0 bridgehead atoms. The lowest BCUT2D eigenvalue weighted by atomic mass is 9.96. The Hall–Kier alpha value is -2.84. The summed E-state index contributed by atoms with van der Waals surface area (Å²) < 4.78 is 37.0. The molecule has 146 valence electrons. The van der Waals surface area contributed by atoms with Gasteiger partial charge in [-0.25, -0.2) is 13.6 Å². The number of hydrogen-bond acceptors (Lipinski definition) is 6. The number of carbonyl (C=O) groups is 2. The predicted octanol–water partition coefficient (Wildman–Crippen LogP) is 3.39. The second-order valence-electron chi connectivity index (χ2n) is 6.97. The molecule has 9 heteroatoms. The fourth-order valence-electron chi connectivity index (χ4n) is 2.19. The van der Waals surface area contributed by atoms with Crippen molar-refractivity contribution in [2.75, 3.05) is 12.4 Å². The number of hydrogen-bond donors (Lipinski definition) is 1. The average molecular weight is 381 g/mol. The van der Waals surface area contributed by atoms with Gasteiger partial charge in [0.05, 0.1) is 18.4 Å². The Morgan fingerprint density at radius 3 is 2.52 bits per heavy atom. The van der Waals surface area contributed by atoms with Crippen LogP contribution in [0.1, 0.15) is 55.7 Å². The first-order valence-electron chi connectivity index (χ1n) is 8.32. The highest BCUT2D eigenvalue weighted by Crippen LogP contribution is 2.21. The van der Waals surface area contributed by atoms with E-state index < -0.39 is 29.1 Å². The molecular formula is C18H21F2N3O4. The molecule has 1 heterocycles. The smallest absolute Gasteiger partial charge is 0.340 e. The van der Waals surface area contributed by atoms with Gasteiger partial charge in [0.15, 0.2) is 5.82 Å². The van der Waals surface area contributed by atoms with E-state index in [1.807, 2.05) is 20.8 Å². The Morgan fingerprint density at radius 2 is 1.93 bits per heavy atom. The number of carbonyl (C=O) groups excluding carboxylic acids is 2. The second kappa shape index (κ2) is 8.24. The van der Waals surface area contributed by atoms with Crippen LogP contribution in [-0.4, -0.2) is 29.1 Å². The van der Waals surface area contributed by atoms with E-state index in [2.05, 4.69) is 20.2 Å². The quantitative estimate of drug-likeness (QED) is 0.771. The van der Waals surface area contributed by atoms with Crippen molar-refractivity contribution in [3.05, 3.63) is 41.0 Å². The zero-order valence-electron chi connectivity index (χ0n) is 15.6. The molecule has 0 radical (unpaired) electrons. The number of methoxy groups -OCH3 is 1. The van der Waals surface area contributed by atoms with E-state index >= 15 is 0 Å². The van der Waals surface area contributed by atoms with Crippen LogP contribution in [0.5, 0.6) is 0 Å². The first-order chi connectivity index (χ1) is 12.6. The summed E-state index contributed by atoms with van der Waals surface area (Å²) in [6.07, 6.45) is 0.831. The Kier molecular flexibility index (Phi) is 6.24. The molecular weight excluding hydrogens is 360 g/mol. The summed E-state index contributed by atoms with van der Waals surface area (Å²) >= 11 is 0. The van der Waals surface area contributed by atoms with Crippen molar-refractivity contribution in [3.63, 3.8) is 0 Å². The number of aryl methyl sites for hydroxylation is 1. The highest BCUT2D eigenvalue weighted by Gasteiger charge is 2.21. The van der Waals surface area contributed by atoms with Crippen LogP contribution in [0.15, 0.2) is 16.7 Å². The second-order valence-corrected chi connectivity index (χ2v) is 6.97. The minimum absolute atomic E-state index is 0.0532. The SMILES string of the molecule is COC(=O)c1cc(NC(=O)CCCc2nc(C(C)(C)C)no2)c(F)cc1F. The molecule has 2 rings (SSSR count). The number of amides is 1. The first kappa shape index (κ1) is 20.5. The number of nitrogens with zero attached hydrogens (tertiary/aromatic N) is 2. The molecule has 0 aliphatic heterocycles. The number of nitrogens with one attached hydrogen (secondary N) is 1. The number of anilines is 1. The molecule has 1 N–H and O–H groups in total. The first-order valence-corrected chi connectivity index (χ1v) is 8.32. The topological polar surface area (TPSA) is 94.3 Å². The Bertz CT molecular complexity index is 844. The van der Waals surface area contributed by atoms with Gasteiger partial charge in [0.25, 0.3) is 0 Å². The number of halogens is 2. The maximum atomic E-state index is 13.8. The van der Waals surface area contributed by atoms with Crippen LogP contribution in [0.25, 0.3) is 0 Å². The van der Waals surface area contributed by atoms with Crippen molar-refractivity contribution in [3.8, 4) is 0 Å². The lowest BCUT2D eigenvalue weighted by Crippen LogP contribution is -2.15. The molecule has 0 unspecified atom stereocenters. The van der Waals surface area contributed by atoms with Crippen molar-refractivity contribution in [1.29, 1.82) is 0 Å². The summed E-state index contributed by atoms with van der Waals surface area (Å²) in [6.45, 7) is 5.86. The van der Waals surface area contributed by atoms with Crippen molar-refractivity contribution < 1.29 is 27.6 Å². The Labute approximate surface area is 155 Å². The van der Waals surface area contributed by atoms with Gasteiger partial charge in [-0.15, -0.1) is 0 Å². The maximum absolute atomic E-state index is 13.8. The molecule has 1 amide bonds. The van der Waals surface area contributed by atoms with E-state index in [1.165, 1.54) is 0 Å². The van der Waals surface area contributed by atoms with Gasteiger partial charge < -0.3 is 14.6 Å². The van der Waals surface area contributed by atoms with Gasteiger partial charge in [0.1, 0.15) is 11.6 Å². The molecule has 1 aromatic heterocycles. The van der Waals surface area contributed by atoms with E-state index in [1.54, 1.807) is 0 Å². The molecule has 0 fully saturated rings. The predicted molar refractivity (Wildman–Crippen MR) is 92.3 cm³/mol. The van der Waals surface area contributed by atoms with Crippen molar-refractivity contribution in [1.82, 2.24) is 10.1 Å². The Balaban J connectivity index is 1.94. The standard InChI is InChI=1S/C18H21F2N3O4/c1-18(2,3)17-22-15(27-23-17)7-5-6-14(24)21-13-8-10(16(25)26-4)11(19)9-12(13)20/h8-9H,5-7H2,1-4H3,(H,21,24). The third-order valence-electron chi connectivity index (χ3n) is 3.67. The van der Waals surface area contributed by atoms with Gasteiger partial charge in [0, 0.05) is 24.3 Å². The molecule has 0 atom stereocenters. The average Bonchev–Trinajstić information content (AvgIpc) is 3.06. The van der Waals surface area contributed by atoms with Crippen LogP contribution in [0, 0.1) is 11.6 Å². The fraction of sp³-hybridized carbons (Fsp3) is 0.444. The summed E-state index contributed by atoms with van der Waals surface area (Å²) in [4.78, 5) is 27.7. The molecule has 0 aliphatic carbocycles. The van der Waals surface area contributed by atoms with E-state index in [9.17, 15) is 18.4 Å². The molecule has 0 saturated heterocycles. The van der Waals surface area contributed by atoms with Crippen LogP contribution in [0.3, 0.4) is 0 Å². The van der Waals surface area contributed by atoms with Gasteiger partial charge in [-0.1, -0.05) is 25.9 Å². The Morgan fingerprint density at radius 1 is 1.22 bits per heavy atom. The lowest BCUT2D eigenvalue weighted by Gasteiger charge is -2.10. The number of ether oxygens (including phenoxy) is 1. The van der Waals surface area contributed by atoms with Gasteiger partial charge in [-0.05, 0) is 12.5 Å². The summed E-state index contributed by atoms with van der Waals surface area (Å²) in [6, 6.07) is 1.43. The highest BCUT2D eigenvalue weighted by molar-refractivity contribution is 5.94. The summed E-state index contributed by atoms with van der Waals surface area (Å²) in [5.41, 5.74) is -0.999. The maximum Gasteiger partial charge on any atom is 0.340 e. The zero-order chi connectivity index (χ0) is 20.2. The highest BCUT2D eigenvalue weighted by atomic mass is 19.1. The zero-order valence-corrected chi connectivity index (χ0v) is 15.6.